The molecule has 0 aliphatic heterocycles. The minimum Gasteiger partial charge on any atom is -0.480 e. The topological polar surface area (TPSA) is 69.6 Å². The molecule has 0 spiro atoms. The summed E-state index contributed by atoms with van der Waals surface area (Å²) in [6, 6.07) is -0.804. The van der Waals surface area contributed by atoms with Crippen molar-refractivity contribution in [1.29, 1.82) is 0 Å². The van der Waals surface area contributed by atoms with Crippen LogP contribution < -0.4 is 5.32 Å². The van der Waals surface area contributed by atoms with Gasteiger partial charge in [-0.3, -0.25) is 4.79 Å². The largest absolute Gasteiger partial charge is 0.480 e. The van der Waals surface area contributed by atoms with Gasteiger partial charge in [-0.05, 0) is 13.0 Å². The van der Waals surface area contributed by atoms with Crippen LogP contribution in [0.5, 0.6) is 0 Å². The Kier molecular flexibility index (Phi) is 6.70. The Bertz CT molecular complexity index is 127. The van der Waals surface area contributed by atoms with E-state index in [0.717, 1.165) is 19.3 Å². The van der Waals surface area contributed by atoms with Gasteiger partial charge in [-0.2, -0.15) is 0 Å². The first kappa shape index (κ1) is 11.4. The van der Waals surface area contributed by atoms with E-state index in [2.05, 4.69) is 12.2 Å². The van der Waals surface area contributed by atoms with Crippen molar-refractivity contribution >= 4 is 5.97 Å². The van der Waals surface area contributed by atoms with Crippen molar-refractivity contribution in [2.24, 2.45) is 0 Å². The Hall–Kier alpha value is -0.610. The highest BCUT2D eigenvalue weighted by Gasteiger charge is 2.13. The molecule has 12 heavy (non-hydrogen) atoms. The summed E-state index contributed by atoms with van der Waals surface area (Å²) in [6.07, 6.45) is 3.16. The molecule has 3 N–H and O–H groups in total. The van der Waals surface area contributed by atoms with Crippen LogP contribution in [-0.2, 0) is 4.79 Å². The van der Waals surface area contributed by atoms with Crippen molar-refractivity contribution in [1.82, 2.24) is 5.32 Å². The van der Waals surface area contributed by atoms with Gasteiger partial charge in [0.2, 0.25) is 0 Å². The number of aliphatic carboxylic acids is 1. The Balaban J connectivity index is 3.38. The van der Waals surface area contributed by atoms with E-state index in [1.54, 1.807) is 0 Å². The van der Waals surface area contributed by atoms with Crippen LogP contribution >= 0.6 is 0 Å². The minimum atomic E-state index is -0.992. The van der Waals surface area contributed by atoms with Crippen LogP contribution in [0.2, 0.25) is 0 Å². The van der Waals surface area contributed by atoms with Gasteiger partial charge in [0.05, 0.1) is 6.61 Å². The van der Waals surface area contributed by atoms with Gasteiger partial charge in [0.15, 0.2) is 0 Å². The van der Waals surface area contributed by atoms with Gasteiger partial charge in [0.25, 0.3) is 0 Å². The third-order valence-electron chi connectivity index (χ3n) is 1.65. The van der Waals surface area contributed by atoms with Crippen LogP contribution in [0.25, 0.3) is 0 Å². The summed E-state index contributed by atoms with van der Waals surface area (Å²) in [5.41, 5.74) is 0. The number of hydrogen-bond acceptors (Lipinski definition) is 3. The number of carboxylic acid groups (broad SMARTS) is 1. The molecule has 0 saturated heterocycles. The highest BCUT2D eigenvalue weighted by molar-refractivity contribution is 5.73. The van der Waals surface area contributed by atoms with Crippen LogP contribution in [0, 0.1) is 0 Å². The molecule has 4 nitrogen and oxygen atoms in total. The highest BCUT2D eigenvalue weighted by atomic mass is 16.4. The van der Waals surface area contributed by atoms with Crippen molar-refractivity contribution in [3.8, 4) is 0 Å². The standard InChI is InChI=1S/C8H17NO3/c1-2-3-4-5-9-7(6-10)8(11)12/h7,9-10H,2-6H2,1H3,(H,11,12)/t7-/m0/s1. The van der Waals surface area contributed by atoms with Gasteiger partial charge in [-0.1, -0.05) is 19.8 Å². The van der Waals surface area contributed by atoms with E-state index in [1.165, 1.54) is 0 Å². The van der Waals surface area contributed by atoms with Gasteiger partial charge in [0, 0.05) is 0 Å². The quantitative estimate of drug-likeness (QED) is 0.484. The first-order valence-corrected chi connectivity index (χ1v) is 4.29. The van der Waals surface area contributed by atoms with E-state index < -0.39 is 12.0 Å². The molecule has 0 aliphatic rings. The second-order valence-corrected chi connectivity index (χ2v) is 2.73. The van der Waals surface area contributed by atoms with Crippen molar-refractivity contribution in [3.05, 3.63) is 0 Å². The Morgan fingerprint density at radius 1 is 1.50 bits per heavy atom. The normalized spacial score (nSPS) is 12.8. The molecule has 4 heteroatoms. The van der Waals surface area contributed by atoms with Crippen molar-refractivity contribution in [2.75, 3.05) is 13.2 Å². The highest BCUT2D eigenvalue weighted by Crippen LogP contribution is 1.92. The minimum absolute atomic E-state index is 0.346. The SMILES string of the molecule is CCCCCN[C@@H](CO)C(=O)O. The fraction of sp³-hybridized carbons (Fsp3) is 0.875. The maximum Gasteiger partial charge on any atom is 0.323 e. The van der Waals surface area contributed by atoms with Crippen LogP contribution in [-0.4, -0.2) is 35.4 Å². The summed E-state index contributed by atoms with van der Waals surface area (Å²) in [7, 11) is 0. The number of nitrogens with one attached hydrogen (secondary N) is 1. The summed E-state index contributed by atoms with van der Waals surface area (Å²) in [5.74, 6) is -0.992. The molecule has 0 aromatic rings. The average molecular weight is 175 g/mol. The Morgan fingerprint density at radius 3 is 2.58 bits per heavy atom. The van der Waals surface area contributed by atoms with E-state index in [1.807, 2.05) is 0 Å². The van der Waals surface area contributed by atoms with Crippen LogP contribution in [0.4, 0.5) is 0 Å². The average Bonchev–Trinajstić information content (AvgIpc) is 2.04. The third-order valence-corrected chi connectivity index (χ3v) is 1.65. The second-order valence-electron chi connectivity index (χ2n) is 2.73. The van der Waals surface area contributed by atoms with Crippen molar-refractivity contribution in [2.45, 2.75) is 32.2 Å². The zero-order chi connectivity index (χ0) is 9.40. The molecule has 0 aromatic carbocycles. The molecule has 0 radical (unpaired) electrons. The van der Waals surface area contributed by atoms with E-state index in [0.29, 0.717) is 6.54 Å². The zero-order valence-corrected chi connectivity index (χ0v) is 7.42. The number of carbonyl (C=O) groups is 1. The number of carboxylic acids is 1. The monoisotopic (exact) mass is 175 g/mol. The predicted molar refractivity (Wildman–Crippen MR) is 46.0 cm³/mol. The van der Waals surface area contributed by atoms with Gasteiger partial charge in [0.1, 0.15) is 6.04 Å². The maximum absolute atomic E-state index is 10.4. The predicted octanol–water partition coefficient (Wildman–Crippen LogP) is 0.212. The fourth-order valence-electron chi connectivity index (χ4n) is 0.881. The molecule has 0 saturated carbocycles. The fourth-order valence-corrected chi connectivity index (χ4v) is 0.881. The number of unbranched alkanes of at least 4 members (excludes halogenated alkanes) is 2. The van der Waals surface area contributed by atoms with E-state index >= 15 is 0 Å². The molecule has 0 aromatic heterocycles. The summed E-state index contributed by atoms with van der Waals surface area (Å²) in [4.78, 5) is 10.4. The Labute approximate surface area is 72.6 Å². The molecule has 0 bridgehead atoms. The molecular formula is C8H17NO3. The van der Waals surface area contributed by atoms with Gasteiger partial charge in [-0.25, -0.2) is 0 Å². The van der Waals surface area contributed by atoms with E-state index in [9.17, 15) is 4.79 Å². The first-order chi connectivity index (χ1) is 5.72. The molecule has 0 fully saturated rings. The zero-order valence-electron chi connectivity index (χ0n) is 7.42. The smallest absolute Gasteiger partial charge is 0.323 e. The third kappa shape index (κ3) is 5.09. The number of hydrogen-bond donors (Lipinski definition) is 3. The number of rotatable bonds is 7. The Morgan fingerprint density at radius 2 is 2.17 bits per heavy atom. The molecule has 0 amide bonds. The van der Waals surface area contributed by atoms with Crippen molar-refractivity contribution < 1.29 is 15.0 Å². The molecule has 1 atom stereocenters. The van der Waals surface area contributed by atoms with Crippen LogP contribution in [0.1, 0.15) is 26.2 Å². The summed E-state index contributed by atoms with van der Waals surface area (Å²) < 4.78 is 0. The van der Waals surface area contributed by atoms with E-state index in [-0.39, 0.29) is 6.61 Å². The lowest BCUT2D eigenvalue weighted by atomic mass is 10.2. The molecule has 0 heterocycles. The lowest BCUT2D eigenvalue weighted by Crippen LogP contribution is -2.40. The number of aliphatic hydroxyl groups excluding tert-OH is 1. The first-order valence-electron chi connectivity index (χ1n) is 4.29. The second kappa shape index (κ2) is 7.06. The van der Waals surface area contributed by atoms with Crippen LogP contribution in [0.3, 0.4) is 0 Å². The molecule has 0 rings (SSSR count). The summed E-state index contributed by atoms with van der Waals surface area (Å²) in [5, 5.41) is 19.9. The summed E-state index contributed by atoms with van der Waals surface area (Å²) in [6.45, 7) is 2.40. The molecular weight excluding hydrogens is 158 g/mol. The van der Waals surface area contributed by atoms with Gasteiger partial charge >= 0.3 is 5.97 Å². The molecule has 0 aliphatic carbocycles. The van der Waals surface area contributed by atoms with E-state index in [4.69, 9.17) is 10.2 Å². The van der Waals surface area contributed by atoms with Crippen LogP contribution in [0.15, 0.2) is 0 Å². The van der Waals surface area contributed by atoms with Crippen molar-refractivity contribution in [3.63, 3.8) is 0 Å². The summed E-state index contributed by atoms with van der Waals surface area (Å²) >= 11 is 0. The number of aliphatic hydroxyl groups is 1. The van der Waals surface area contributed by atoms with Gasteiger partial charge < -0.3 is 15.5 Å². The van der Waals surface area contributed by atoms with Gasteiger partial charge in [-0.15, -0.1) is 0 Å². The maximum atomic E-state index is 10.4. The lowest BCUT2D eigenvalue weighted by Gasteiger charge is -2.10. The molecule has 0 unspecified atom stereocenters. The molecule has 72 valence electrons. The lowest BCUT2D eigenvalue weighted by molar-refractivity contribution is -0.140.